The normalized spacial score (nSPS) is 9.92. The van der Waals surface area contributed by atoms with Crippen molar-refractivity contribution in [3.63, 3.8) is 0 Å². The summed E-state index contributed by atoms with van der Waals surface area (Å²) in [6, 6.07) is 0. The zero-order valence-electron chi connectivity index (χ0n) is 8.93. The smallest absolute Gasteiger partial charge is 0.321 e. The molecule has 0 radical (unpaired) electrons. The van der Waals surface area contributed by atoms with E-state index < -0.39 is 5.41 Å². The first kappa shape index (κ1) is 15.3. The van der Waals surface area contributed by atoms with Gasteiger partial charge in [-0.3, -0.25) is 4.79 Å². The van der Waals surface area contributed by atoms with Crippen LogP contribution in [-0.4, -0.2) is 37.5 Å². The molecule has 13 heavy (non-hydrogen) atoms. The summed E-state index contributed by atoms with van der Waals surface area (Å²) in [5, 5.41) is 0. The second kappa shape index (κ2) is 6.34. The van der Waals surface area contributed by atoms with Crippen LogP contribution in [0.25, 0.3) is 0 Å². The Labute approximate surface area is 97.2 Å². The maximum absolute atomic E-state index is 11.3. The van der Waals surface area contributed by atoms with Crippen LogP contribution in [0.15, 0.2) is 0 Å². The van der Waals surface area contributed by atoms with Gasteiger partial charge in [0.1, 0.15) is 19.5 Å². The maximum Gasteiger partial charge on any atom is 0.321 e. The van der Waals surface area contributed by atoms with Gasteiger partial charge in [-0.25, -0.2) is 4.58 Å². The van der Waals surface area contributed by atoms with E-state index in [2.05, 4.69) is 0 Å². The van der Waals surface area contributed by atoms with Crippen LogP contribution in [-0.2, 0) is 9.53 Å². The minimum atomic E-state index is -0.528. The van der Waals surface area contributed by atoms with Gasteiger partial charge in [0.25, 0.3) is 0 Å². The molecule has 0 fully saturated rings. The lowest BCUT2D eigenvalue weighted by atomic mass is 9.95. The molecule has 0 aromatic rings. The van der Waals surface area contributed by atoms with Gasteiger partial charge in [0, 0.05) is 0 Å². The highest BCUT2D eigenvalue weighted by Crippen LogP contribution is 2.13. The van der Waals surface area contributed by atoms with E-state index >= 15 is 0 Å². The van der Waals surface area contributed by atoms with E-state index in [1.165, 1.54) is 0 Å². The molecule has 0 bridgehead atoms. The minimum Gasteiger partial charge on any atom is -1.00 e. The molecule has 0 aromatic carbocycles. The number of rotatable bonds is 3. The molecule has 0 aliphatic heterocycles. The molecule has 0 amide bonds. The van der Waals surface area contributed by atoms with Gasteiger partial charge < -0.3 is 28.7 Å². The molecule has 0 rings (SSSR count). The summed E-state index contributed by atoms with van der Waals surface area (Å²) in [6.45, 7) is 5.92. The first-order valence-electron chi connectivity index (χ1n) is 4.10. The Morgan fingerprint density at radius 2 is 1.92 bits per heavy atom. The van der Waals surface area contributed by atoms with Crippen LogP contribution >= 0.6 is 0 Å². The summed E-state index contributed by atoms with van der Waals surface area (Å²) in [5.74, 6) is -0.182. The molecule has 0 saturated heterocycles. The average Bonchev–Trinajstić information content (AvgIpc) is 1.85. The molecular formula is C9H18INO2. The minimum absolute atomic E-state index is 0. The van der Waals surface area contributed by atoms with E-state index in [1.807, 2.05) is 45.7 Å². The molecule has 3 nitrogen and oxygen atoms in total. The van der Waals surface area contributed by atoms with Crippen LogP contribution in [0, 0.1) is 5.41 Å². The third kappa shape index (κ3) is 6.01. The number of nitrogens with zero attached hydrogens (tertiary/aromatic N) is 1. The first-order chi connectivity index (χ1) is 5.40. The highest BCUT2D eigenvalue weighted by atomic mass is 127. The first-order valence-corrected chi connectivity index (χ1v) is 4.10. The molecular weight excluding hydrogens is 281 g/mol. The highest BCUT2D eigenvalue weighted by molar-refractivity contribution is 5.92. The largest absolute Gasteiger partial charge is 1.00 e. The van der Waals surface area contributed by atoms with E-state index in [0.29, 0.717) is 6.61 Å². The van der Waals surface area contributed by atoms with Crippen LogP contribution < -0.4 is 24.0 Å². The van der Waals surface area contributed by atoms with Gasteiger partial charge in [0.2, 0.25) is 0 Å². The van der Waals surface area contributed by atoms with E-state index in [1.54, 1.807) is 0 Å². The average molecular weight is 299 g/mol. The molecule has 0 heterocycles. The Balaban J connectivity index is 0. The van der Waals surface area contributed by atoms with Gasteiger partial charge in [-0.2, -0.15) is 0 Å². The Bertz CT molecular complexity index is 196. The van der Waals surface area contributed by atoms with Gasteiger partial charge in [-0.1, -0.05) is 0 Å². The molecule has 0 aromatic heterocycles. The number of esters is 1. The lowest BCUT2D eigenvalue weighted by Gasteiger charge is -2.14. The predicted molar refractivity (Wildman–Crippen MR) is 48.6 cm³/mol. The molecule has 0 aliphatic rings. The van der Waals surface area contributed by atoms with Crippen molar-refractivity contribution < 1.29 is 38.1 Å². The third-order valence-electron chi connectivity index (χ3n) is 1.38. The number of carbonyl (C=O) groups is 1. The zero-order valence-corrected chi connectivity index (χ0v) is 11.1. The van der Waals surface area contributed by atoms with Crippen molar-refractivity contribution in [3.8, 4) is 0 Å². The molecule has 0 saturated carbocycles. The van der Waals surface area contributed by atoms with Crippen molar-refractivity contribution in [1.29, 1.82) is 0 Å². The number of ether oxygens (including phenoxy) is 1. The van der Waals surface area contributed by atoms with Crippen LogP contribution in [0.5, 0.6) is 0 Å². The second-order valence-electron chi connectivity index (χ2n) is 3.53. The van der Waals surface area contributed by atoms with Crippen molar-refractivity contribution in [3.05, 3.63) is 0 Å². The van der Waals surface area contributed by atoms with E-state index in [-0.39, 0.29) is 29.9 Å². The summed E-state index contributed by atoms with van der Waals surface area (Å²) < 4.78 is 6.77. The van der Waals surface area contributed by atoms with Crippen molar-refractivity contribution in [2.45, 2.75) is 20.8 Å². The van der Waals surface area contributed by atoms with Gasteiger partial charge in [-0.05, 0) is 20.8 Å². The number of halogens is 1. The standard InChI is InChI=1S/C9H18NO2.HI/c1-6-12-8(11)9(2,3)7-10(4)5;/h7H,6H2,1-5H3;1H/q+1;/p-1. The third-order valence-corrected chi connectivity index (χ3v) is 1.38. The van der Waals surface area contributed by atoms with E-state index in [9.17, 15) is 4.79 Å². The second-order valence-corrected chi connectivity index (χ2v) is 3.53. The van der Waals surface area contributed by atoms with Crippen molar-refractivity contribution in [1.82, 2.24) is 0 Å². The van der Waals surface area contributed by atoms with Crippen LogP contribution in [0.3, 0.4) is 0 Å². The Morgan fingerprint density at radius 1 is 1.46 bits per heavy atom. The Morgan fingerprint density at radius 3 is 2.23 bits per heavy atom. The zero-order chi connectivity index (χ0) is 9.78. The van der Waals surface area contributed by atoms with Crippen molar-refractivity contribution >= 4 is 12.2 Å². The Kier molecular flexibility index (Phi) is 7.49. The van der Waals surface area contributed by atoms with Crippen LogP contribution in [0.2, 0.25) is 0 Å². The summed E-state index contributed by atoms with van der Waals surface area (Å²) in [7, 11) is 3.78. The fourth-order valence-corrected chi connectivity index (χ4v) is 1.02. The van der Waals surface area contributed by atoms with Gasteiger partial charge >= 0.3 is 5.97 Å². The fourth-order valence-electron chi connectivity index (χ4n) is 1.02. The van der Waals surface area contributed by atoms with Crippen molar-refractivity contribution in [2.24, 2.45) is 5.41 Å². The lowest BCUT2D eigenvalue weighted by Crippen LogP contribution is -3.00. The highest BCUT2D eigenvalue weighted by Gasteiger charge is 2.30. The monoisotopic (exact) mass is 299 g/mol. The summed E-state index contributed by atoms with van der Waals surface area (Å²) in [5.41, 5.74) is -0.528. The summed E-state index contributed by atoms with van der Waals surface area (Å²) in [6.07, 6.45) is 1.84. The number of hydrogen-bond donors (Lipinski definition) is 0. The van der Waals surface area contributed by atoms with Crippen LogP contribution in [0.4, 0.5) is 0 Å². The topological polar surface area (TPSA) is 29.3 Å². The number of carbonyl (C=O) groups excluding carboxylic acids is 1. The quantitative estimate of drug-likeness (QED) is 0.259. The molecule has 78 valence electrons. The van der Waals surface area contributed by atoms with E-state index in [4.69, 9.17) is 4.74 Å². The molecule has 4 heteroatoms. The van der Waals surface area contributed by atoms with Gasteiger partial charge in [-0.15, -0.1) is 0 Å². The lowest BCUT2D eigenvalue weighted by molar-refractivity contribution is -0.462. The maximum atomic E-state index is 11.3. The van der Waals surface area contributed by atoms with Gasteiger partial charge in [0.15, 0.2) is 6.21 Å². The molecule has 0 unspecified atom stereocenters. The SMILES string of the molecule is CCOC(=O)C(C)(C)C=[N+](C)C.[I-]. The summed E-state index contributed by atoms with van der Waals surface area (Å²) in [4.78, 5) is 11.3. The molecule has 0 spiro atoms. The number of hydrogen-bond acceptors (Lipinski definition) is 2. The van der Waals surface area contributed by atoms with E-state index in [0.717, 1.165) is 0 Å². The van der Waals surface area contributed by atoms with Gasteiger partial charge in [0.05, 0.1) is 6.61 Å². The van der Waals surface area contributed by atoms with Crippen LogP contribution in [0.1, 0.15) is 20.8 Å². The molecule has 0 aliphatic carbocycles. The Hall–Kier alpha value is -0.130. The van der Waals surface area contributed by atoms with Crippen molar-refractivity contribution in [2.75, 3.05) is 20.7 Å². The molecule has 0 atom stereocenters. The summed E-state index contributed by atoms with van der Waals surface area (Å²) >= 11 is 0. The fraction of sp³-hybridized carbons (Fsp3) is 0.778. The molecule has 0 N–H and O–H groups in total. The predicted octanol–water partition coefficient (Wildman–Crippen LogP) is -2.08.